The Hall–Kier alpha value is -1.53. The largest absolute Gasteiger partial charge is 0.462 e. The fourth-order valence-corrected chi connectivity index (χ4v) is 1.66. The summed E-state index contributed by atoms with van der Waals surface area (Å²) < 4.78 is 4.92. The third-order valence-corrected chi connectivity index (χ3v) is 2.52. The van der Waals surface area contributed by atoms with Gasteiger partial charge in [0.15, 0.2) is 0 Å². The summed E-state index contributed by atoms with van der Waals surface area (Å²) in [6.45, 7) is 3.78. The van der Waals surface area contributed by atoms with Gasteiger partial charge in [0.2, 0.25) is 0 Å². The molecule has 0 saturated heterocycles. The number of halogens is 1. The summed E-state index contributed by atoms with van der Waals surface area (Å²) in [4.78, 5) is 11.7. The van der Waals surface area contributed by atoms with E-state index < -0.39 is 5.97 Å². The lowest BCUT2D eigenvalue weighted by Crippen LogP contribution is -2.11. The van der Waals surface area contributed by atoms with Gasteiger partial charge in [-0.2, -0.15) is 5.26 Å². The molecule has 0 saturated carbocycles. The second-order valence-electron chi connectivity index (χ2n) is 3.26. The molecule has 0 aliphatic carbocycles. The lowest BCUT2D eigenvalue weighted by atomic mass is 9.98. The molecular formula is C12H12ClNO2. The summed E-state index contributed by atoms with van der Waals surface area (Å²) in [6, 6.07) is 5.54. The van der Waals surface area contributed by atoms with E-state index in [4.69, 9.17) is 21.6 Å². The van der Waals surface area contributed by atoms with Crippen molar-refractivity contribution >= 4 is 17.6 Å². The van der Waals surface area contributed by atoms with Gasteiger partial charge in [0.25, 0.3) is 0 Å². The van der Waals surface area contributed by atoms with E-state index >= 15 is 0 Å². The van der Waals surface area contributed by atoms with E-state index in [2.05, 4.69) is 0 Å². The van der Waals surface area contributed by atoms with Gasteiger partial charge in [-0.3, -0.25) is 0 Å². The molecule has 0 N–H and O–H groups in total. The molecule has 3 nitrogen and oxygen atoms in total. The summed E-state index contributed by atoms with van der Waals surface area (Å²) >= 11 is 5.74. The van der Waals surface area contributed by atoms with E-state index in [1.54, 1.807) is 26.0 Å². The van der Waals surface area contributed by atoms with Gasteiger partial charge in [-0.05, 0) is 25.0 Å². The van der Waals surface area contributed by atoms with E-state index in [0.29, 0.717) is 16.7 Å². The fourth-order valence-electron chi connectivity index (χ4n) is 1.44. The van der Waals surface area contributed by atoms with Gasteiger partial charge in [0.05, 0.1) is 17.7 Å². The van der Waals surface area contributed by atoms with Crippen LogP contribution in [0.5, 0.6) is 0 Å². The summed E-state index contributed by atoms with van der Waals surface area (Å²) in [7, 11) is 0. The zero-order valence-electron chi connectivity index (χ0n) is 9.21. The van der Waals surface area contributed by atoms with Crippen molar-refractivity contribution in [3.05, 3.63) is 34.4 Å². The van der Waals surface area contributed by atoms with Gasteiger partial charge in [0, 0.05) is 5.88 Å². The van der Waals surface area contributed by atoms with Crippen molar-refractivity contribution in [2.45, 2.75) is 19.7 Å². The van der Waals surface area contributed by atoms with E-state index in [1.165, 1.54) is 0 Å². The highest BCUT2D eigenvalue weighted by Crippen LogP contribution is 2.21. The lowest BCUT2D eigenvalue weighted by Gasteiger charge is -2.10. The summed E-state index contributed by atoms with van der Waals surface area (Å²) in [5.41, 5.74) is 2.01. The monoisotopic (exact) mass is 237 g/mol. The number of benzene rings is 1. The number of esters is 1. The second-order valence-corrected chi connectivity index (χ2v) is 3.52. The third kappa shape index (κ3) is 2.34. The molecule has 0 atom stereocenters. The van der Waals surface area contributed by atoms with Gasteiger partial charge in [0.1, 0.15) is 6.07 Å². The lowest BCUT2D eigenvalue weighted by molar-refractivity contribution is 0.0525. The minimum absolute atomic E-state index is 0.184. The average Bonchev–Trinajstić information content (AvgIpc) is 2.28. The number of hydrogen-bond acceptors (Lipinski definition) is 3. The molecule has 1 aromatic carbocycles. The Morgan fingerprint density at radius 1 is 1.56 bits per heavy atom. The number of alkyl halides is 1. The first-order valence-corrected chi connectivity index (χ1v) is 5.44. The molecule has 0 fully saturated rings. The Bertz CT molecular complexity index is 449. The van der Waals surface area contributed by atoms with Gasteiger partial charge in [-0.1, -0.05) is 12.1 Å². The van der Waals surface area contributed by atoms with Crippen LogP contribution in [0.2, 0.25) is 0 Å². The van der Waals surface area contributed by atoms with Crippen molar-refractivity contribution in [3.63, 3.8) is 0 Å². The Morgan fingerprint density at radius 2 is 2.25 bits per heavy atom. The van der Waals surface area contributed by atoms with E-state index in [9.17, 15) is 4.79 Å². The molecule has 0 amide bonds. The van der Waals surface area contributed by atoms with Crippen LogP contribution >= 0.6 is 11.6 Å². The number of hydrogen-bond donors (Lipinski definition) is 0. The average molecular weight is 238 g/mol. The maximum atomic E-state index is 11.7. The molecule has 84 valence electrons. The van der Waals surface area contributed by atoms with E-state index in [1.807, 2.05) is 6.07 Å². The van der Waals surface area contributed by atoms with Crippen LogP contribution in [-0.4, -0.2) is 12.6 Å². The SMILES string of the molecule is CCOC(=O)c1c(CCl)ccc(C)c1C#N. The Morgan fingerprint density at radius 3 is 2.75 bits per heavy atom. The van der Waals surface area contributed by atoms with Crippen molar-refractivity contribution in [2.24, 2.45) is 0 Å². The number of rotatable bonds is 3. The molecule has 0 unspecified atom stereocenters. The van der Waals surface area contributed by atoms with Crippen molar-refractivity contribution in [1.29, 1.82) is 5.26 Å². The minimum atomic E-state index is -0.488. The topological polar surface area (TPSA) is 50.1 Å². The maximum absolute atomic E-state index is 11.7. The number of nitriles is 1. The third-order valence-electron chi connectivity index (χ3n) is 2.24. The molecule has 4 heteroatoms. The van der Waals surface area contributed by atoms with Crippen LogP contribution in [0.25, 0.3) is 0 Å². The second kappa shape index (κ2) is 5.53. The normalized spacial score (nSPS) is 9.62. The smallest absolute Gasteiger partial charge is 0.339 e. The molecule has 1 rings (SSSR count). The number of carbonyl (C=O) groups is 1. The van der Waals surface area contributed by atoms with Gasteiger partial charge < -0.3 is 4.74 Å². The first kappa shape index (κ1) is 12.5. The number of nitrogens with zero attached hydrogens (tertiary/aromatic N) is 1. The maximum Gasteiger partial charge on any atom is 0.339 e. The zero-order chi connectivity index (χ0) is 12.1. The molecule has 16 heavy (non-hydrogen) atoms. The predicted molar refractivity (Wildman–Crippen MR) is 61.4 cm³/mol. The van der Waals surface area contributed by atoms with Crippen LogP contribution in [-0.2, 0) is 10.6 Å². The summed E-state index contributed by atoms with van der Waals surface area (Å²) in [5.74, 6) is -0.304. The first-order chi connectivity index (χ1) is 7.65. The van der Waals surface area contributed by atoms with Crippen LogP contribution in [0.3, 0.4) is 0 Å². The van der Waals surface area contributed by atoms with E-state index in [-0.39, 0.29) is 12.5 Å². The Balaban J connectivity index is 3.37. The Labute approximate surface area is 99.6 Å². The fraction of sp³-hybridized carbons (Fsp3) is 0.333. The number of ether oxygens (including phenoxy) is 1. The number of carbonyl (C=O) groups excluding carboxylic acids is 1. The molecule has 0 aromatic heterocycles. The van der Waals surface area contributed by atoms with Gasteiger partial charge in [-0.25, -0.2) is 4.79 Å². The van der Waals surface area contributed by atoms with Crippen molar-refractivity contribution in [1.82, 2.24) is 0 Å². The highest BCUT2D eigenvalue weighted by atomic mass is 35.5. The van der Waals surface area contributed by atoms with Crippen LogP contribution in [0.15, 0.2) is 12.1 Å². The van der Waals surface area contributed by atoms with Crippen LogP contribution < -0.4 is 0 Å². The highest BCUT2D eigenvalue weighted by Gasteiger charge is 2.18. The number of aryl methyl sites for hydroxylation is 1. The summed E-state index contributed by atoms with van der Waals surface area (Å²) in [5, 5.41) is 9.04. The van der Waals surface area contributed by atoms with Gasteiger partial charge >= 0.3 is 5.97 Å². The summed E-state index contributed by atoms with van der Waals surface area (Å²) in [6.07, 6.45) is 0. The Kier molecular flexibility index (Phi) is 4.33. The van der Waals surface area contributed by atoms with Crippen LogP contribution in [0, 0.1) is 18.3 Å². The highest BCUT2D eigenvalue weighted by molar-refractivity contribution is 6.17. The van der Waals surface area contributed by atoms with Crippen molar-refractivity contribution in [3.8, 4) is 6.07 Å². The molecule has 0 radical (unpaired) electrons. The van der Waals surface area contributed by atoms with Crippen molar-refractivity contribution in [2.75, 3.05) is 6.61 Å². The molecular weight excluding hydrogens is 226 g/mol. The van der Waals surface area contributed by atoms with Crippen LogP contribution in [0.1, 0.15) is 34.0 Å². The molecule has 0 heterocycles. The molecule has 0 bridgehead atoms. The molecule has 0 aliphatic rings. The predicted octanol–water partition coefficient (Wildman–Crippen LogP) is 2.78. The first-order valence-electron chi connectivity index (χ1n) is 4.91. The van der Waals surface area contributed by atoms with E-state index in [0.717, 1.165) is 5.56 Å². The van der Waals surface area contributed by atoms with Crippen LogP contribution in [0.4, 0.5) is 0 Å². The minimum Gasteiger partial charge on any atom is -0.462 e. The van der Waals surface area contributed by atoms with Gasteiger partial charge in [-0.15, -0.1) is 11.6 Å². The standard InChI is InChI=1S/C12H12ClNO2/c1-3-16-12(15)11-9(6-13)5-4-8(2)10(11)7-14/h4-5H,3,6H2,1-2H3. The quantitative estimate of drug-likeness (QED) is 0.600. The molecule has 0 spiro atoms. The zero-order valence-corrected chi connectivity index (χ0v) is 9.97. The molecule has 0 aliphatic heterocycles. The molecule has 1 aromatic rings. The van der Waals surface area contributed by atoms with Crippen molar-refractivity contribution < 1.29 is 9.53 Å².